The molecule has 0 aliphatic carbocycles. The Kier molecular flexibility index (Phi) is 7.30. The Balaban J connectivity index is 3.31. The summed E-state index contributed by atoms with van der Waals surface area (Å²) in [6.45, 7) is 8.08. The van der Waals surface area contributed by atoms with E-state index in [2.05, 4.69) is 18.4 Å². The molecule has 0 aliphatic heterocycles. The van der Waals surface area contributed by atoms with Gasteiger partial charge in [0.2, 0.25) is 0 Å². The summed E-state index contributed by atoms with van der Waals surface area (Å²) in [4.78, 5) is 20.2. The van der Waals surface area contributed by atoms with Gasteiger partial charge in [-0.15, -0.1) is 6.58 Å². The predicted octanol–water partition coefficient (Wildman–Crippen LogP) is 2.47. The Morgan fingerprint density at radius 1 is 1.62 bits per heavy atom. The number of hydrogen-bond acceptors (Lipinski definition) is 3. The molecule has 0 heterocycles. The highest BCUT2D eigenvalue weighted by atomic mass is 17.2. The van der Waals surface area contributed by atoms with Gasteiger partial charge in [0.15, 0.2) is 0 Å². The second-order valence-electron chi connectivity index (χ2n) is 3.08. The molecule has 0 fully saturated rings. The van der Waals surface area contributed by atoms with E-state index in [0.29, 0.717) is 25.4 Å². The highest BCUT2D eigenvalue weighted by molar-refractivity contribution is 5.68. The normalized spacial score (nSPS) is 12.2. The molecule has 0 spiro atoms. The quantitative estimate of drug-likeness (QED) is 0.348. The zero-order valence-electron chi connectivity index (χ0n) is 8.41. The maximum atomic E-state index is 10.9. The zero-order valence-corrected chi connectivity index (χ0v) is 8.41. The van der Waals surface area contributed by atoms with E-state index in [1.54, 1.807) is 6.08 Å². The fraction of sp³-hybridized carbons (Fsp3) is 0.700. The van der Waals surface area contributed by atoms with E-state index < -0.39 is 0 Å². The van der Waals surface area contributed by atoms with Crippen molar-refractivity contribution in [3.05, 3.63) is 12.7 Å². The minimum atomic E-state index is -0.330. The van der Waals surface area contributed by atoms with E-state index >= 15 is 0 Å². The number of rotatable bonds is 7. The van der Waals surface area contributed by atoms with Crippen molar-refractivity contribution < 1.29 is 14.6 Å². The van der Waals surface area contributed by atoms with Gasteiger partial charge in [-0.3, -0.25) is 4.89 Å². The lowest BCUT2D eigenvalue weighted by atomic mass is 10.1. The van der Waals surface area contributed by atoms with Crippen molar-refractivity contribution >= 4 is 5.97 Å². The molecule has 0 amide bonds. The largest absolute Gasteiger partial charge is 0.342 e. The van der Waals surface area contributed by atoms with Gasteiger partial charge in [0.25, 0.3) is 0 Å². The van der Waals surface area contributed by atoms with Crippen LogP contribution in [0.4, 0.5) is 0 Å². The molecule has 1 unspecified atom stereocenters. The zero-order chi connectivity index (χ0) is 10.1. The molecule has 0 N–H and O–H groups in total. The molecule has 1 atom stereocenters. The maximum absolute atomic E-state index is 10.9. The first kappa shape index (κ1) is 12.2. The summed E-state index contributed by atoms with van der Waals surface area (Å²) in [5.41, 5.74) is 0. The van der Waals surface area contributed by atoms with Crippen LogP contribution in [0.25, 0.3) is 0 Å². The van der Waals surface area contributed by atoms with Crippen LogP contribution in [0.2, 0.25) is 0 Å². The molecule has 0 rings (SSSR count). The molecule has 0 radical (unpaired) electrons. The Morgan fingerprint density at radius 2 is 2.31 bits per heavy atom. The fourth-order valence-corrected chi connectivity index (χ4v) is 0.595. The van der Waals surface area contributed by atoms with Crippen LogP contribution >= 0.6 is 0 Å². The Hall–Kier alpha value is -0.830. The summed E-state index contributed by atoms with van der Waals surface area (Å²) in [7, 11) is 0. The summed E-state index contributed by atoms with van der Waals surface area (Å²) in [5.74, 6) is 0.0930. The van der Waals surface area contributed by atoms with Crippen LogP contribution in [0.3, 0.4) is 0 Å². The third-order valence-electron chi connectivity index (χ3n) is 1.75. The molecule has 0 aromatic heterocycles. The highest BCUT2D eigenvalue weighted by Crippen LogP contribution is 2.02. The van der Waals surface area contributed by atoms with Crippen molar-refractivity contribution in [2.24, 2.45) is 5.92 Å². The maximum Gasteiger partial charge on any atom is 0.342 e. The van der Waals surface area contributed by atoms with Crippen LogP contribution in [0.15, 0.2) is 12.7 Å². The SMILES string of the molecule is C=CCCC(=O)OOCC(C)CC. The van der Waals surface area contributed by atoms with Crippen LogP contribution < -0.4 is 0 Å². The second-order valence-corrected chi connectivity index (χ2v) is 3.08. The molecule has 0 aliphatic rings. The number of carbonyl (C=O) groups is 1. The standard InChI is InChI=1S/C10H18O3/c1-4-6-7-10(11)13-12-8-9(3)5-2/h4,9H,1,5-8H2,2-3H3. The topological polar surface area (TPSA) is 35.5 Å². The molecule has 76 valence electrons. The van der Waals surface area contributed by atoms with Crippen molar-refractivity contribution in [3.8, 4) is 0 Å². The minimum Gasteiger partial charge on any atom is -0.298 e. The first-order chi connectivity index (χ1) is 6.20. The molecule has 0 aromatic carbocycles. The van der Waals surface area contributed by atoms with Gasteiger partial charge < -0.3 is 0 Å². The van der Waals surface area contributed by atoms with Crippen molar-refractivity contribution in [2.75, 3.05) is 6.61 Å². The van der Waals surface area contributed by atoms with Crippen LogP contribution in [-0.2, 0) is 14.6 Å². The van der Waals surface area contributed by atoms with Gasteiger partial charge in [0.05, 0.1) is 13.0 Å². The molecule has 0 bridgehead atoms. The average Bonchev–Trinajstić information content (AvgIpc) is 2.14. The summed E-state index contributed by atoms with van der Waals surface area (Å²) in [5, 5.41) is 0. The smallest absolute Gasteiger partial charge is 0.298 e. The molecule has 0 saturated carbocycles. The Labute approximate surface area is 79.7 Å². The number of carbonyl (C=O) groups excluding carboxylic acids is 1. The molecule has 0 saturated heterocycles. The van der Waals surface area contributed by atoms with Gasteiger partial charge in [0, 0.05) is 0 Å². The lowest BCUT2D eigenvalue weighted by Crippen LogP contribution is -2.10. The minimum absolute atomic E-state index is 0.330. The van der Waals surface area contributed by atoms with Crippen molar-refractivity contribution in [3.63, 3.8) is 0 Å². The van der Waals surface area contributed by atoms with Gasteiger partial charge in [0.1, 0.15) is 0 Å². The summed E-state index contributed by atoms with van der Waals surface area (Å²) in [6.07, 6.45) is 3.66. The van der Waals surface area contributed by atoms with Crippen molar-refractivity contribution in [2.45, 2.75) is 33.1 Å². The first-order valence-corrected chi connectivity index (χ1v) is 4.63. The van der Waals surface area contributed by atoms with Crippen LogP contribution in [0.1, 0.15) is 33.1 Å². The molecule has 3 heteroatoms. The molecular weight excluding hydrogens is 168 g/mol. The van der Waals surface area contributed by atoms with Gasteiger partial charge in [-0.1, -0.05) is 26.3 Å². The number of hydrogen-bond donors (Lipinski definition) is 0. The summed E-state index contributed by atoms with van der Waals surface area (Å²) in [6, 6.07) is 0. The second kappa shape index (κ2) is 7.80. The molecule has 3 nitrogen and oxygen atoms in total. The van der Waals surface area contributed by atoms with E-state index in [1.165, 1.54) is 0 Å². The summed E-state index contributed by atoms with van der Waals surface area (Å²) < 4.78 is 0. The van der Waals surface area contributed by atoms with Gasteiger partial charge in [-0.25, -0.2) is 4.79 Å². The number of allylic oxidation sites excluding steroid dienone is 1. The highest BCUT2D eigenvalue weighted by Gasteiger charge is 2.04. The van der Waals surface area contributed by atoms with Gasteiger partial charge in [-0.2, -0.15) is 4.89 Å². The average molecular weight is 186 g/mol. The van der Waals surface area contributed by atoms with Gasteiger partial charge >= 0.3 is 5.97 Å². The van der Waals surface area contributed by atoms with Crippen LogP contribution in [0, 0.1) is 5.92 Å². The van der Waals surface area contributed by atoms with Crippen molar-refractivity contribution in [1.82, 2.24) is 0 Å². The van der Waals surface area contributed by atoms with E-state index in [9.17, 15) is 4.79 Å². The first-order valence-electron chi connectivity index (χ1n) is 4.63. The predicted molar refractivity (Wildman–Crippen MR) is 50.9 cm³/mol. The third-order valence-corrected chi connectivity index (χ3v) is 1.75. The van der Waals surface area contributed by atoms with Crippen LogP contribution in [0.5, 0.6) is 0 Å². The molecule has 13 heavy (non-hydrogen) atoms. The van der Waals surface area contributed by atoms with E-state index in [-0.39, 0.29) is 5.97 Å². The van der Waals surface area contributed by atoms with Gasteiger partial charge in [-0.05, 0) is 12.3 Å². The monoisotopic (exact) mass is 186 g/mol. The van der Waals surface area contributed by atoms with E-state index in [1.807, 2.05) is 6.92 Å². The van der Waals surface area contributed by atoms with Crippen molar-refractivity contribution in [1.29, 1.82) is 0 Å². The fourth-order valence-electron chi connectivity index (χ4n) is 0.595. The molecular formula is C10H18O3. The van der Waals surface area contributed by atoms with E-state index in [0.717, 1.165) is 6.42 Å². The Bertz CT molecular complexity index is 154. The van der Waals surface area contributed by atoms with E-state index in [4.69, 9.17) is 4.89 Å². The third kappa shape index (κ3) is 7.53. The van der Waals surface area contributed by atoms with Crippen LogP contribution in [-0.4, -0.2) is 12.6 Å². The lowest BCUT2D eigenvalue weighted by Gasteiger charge is -2.07. The summed E-state index contributed by atoms with van der Waals surface area (Å²) >= 11 is 0. The lowest BCUT2D eigenvalue weighted by molar-refractivity contribution is -0.277. The Morgan fingerprint density at radius 3 is 2.85 bits per heavy atom. The molecule has 0 aromatic rings.